The standard InChI is InChI=1S/C12H15ClO3/c13-10-2-1-3-11(6-10)16-8-12(14)9-4-5-15-7-9/h1-3,6,9,12,14H,4-5,7-8H2. The van der Waals surface area contributed by atoms with Crippen molar-refractivity contribution in [1.82, 2.24) is 0 Å². The lowest BCUT2D eigenvalue weighted by Gasteiger charge is -2.17. The number of hydrogen-bond acceptors (Lipinski definition) is 3. The second-order valence-corrected chi connectivity index (χ2v) is 4.40. The summed E-state index contributed by atoms with van der Waals surface area (Å²) in [4.78, 5) is 0. The molecule has 1 fully saturated rings. The molecular weight excluding hydrogens is 228 g/mol. The van der Waals surface area contributed by atoms with Gasteiger partial charge in [0.2, 0.25) is 0 Å². The van der Waals surface area contributed by atoms with Gasteiger partial charge in [0.1, 0.15) is 12.4 Å². The first-order chi connectivity index (χ1) is 7.75. The lowest BCUT2D eigenvalue weighted by atomic mass is 10.0. The van der Waals surface area contributed by atoms with Crippen molar-refractivity contribution < 1.29 is 14.6 Å². The third-order valence-electron chi connectivity index (χ3n) is 2.73. The van der Waals surface area contributed by atoms with Gasteiger partial charge in [-0.05, 0) is 24.6 Å². The lowest BCUT2D eigenvalue weighted by Crippen LogP contribution is -2.27. The van der Waals surface area contributed by atoms with Crippen LogP contribution >= 0.6 is 11.6 Å². The molecule has 88 valence electrons. The molecule has 0 saturated carbocycles. The summed E-state index contributed by atoms with van der Waals surface area (Å²) in [5.74, 6) is 0.879. The number of halogens is 1. The van der Waals surface area contributed by atoms with Gasteiger partial charge in [-0.1, -0.05) is 17.7 Å². The normalized spacial score (nSPS) is 22.0. The SMILES string of the molecule is OC(COc1cccc(Cl)c1)C1CCOC1. The molecule has 0 radical (unpaired) electrons. The molecule has 1 aromatic carbocycles. The average Bonchev–Trinajstić information content (AvgIpc) is 2.79. The molecule has 2 rings (SSSR count). The van der Waals surface area contributed by atoms with Crippen LogP contribution in [0.15, 0.2) is 24.3 Å². The maximum absolute atomic E-state index is 9.84. The molecule has 2 unspecified atom stereocenters. The molecule has 0 bridgehead atoms. The predicted molar refractivity (Wildman–Crippen MR) is 61.9 cm³/mol. The summed E-state index contributed by atoms with van der Waals surface area (Å²) in [5, 5.41) is 10.5. The van der Waals surface area contributed by atoms with Crippen molar-refractivity contribution in [3.8, 4) is 5.75 Å². The highest BCUT2D eigenvalue weighted by Gasteiger charge is 2.24. The van der Waals surface area contributed by atoms with Gasteiger partial charge in [0.25, 0.3) is 0 Å². The van der Waals surface area contributed by atoms with Crippen molar-refractivity contribution in [1.29, 1.82) is 0 Å². The van der Waals surface area contributed by atoms with Crippen molar-refractivity contribution in [2.24, 2.45) is 5.92 Å². The third-order valence-corrected chi connectivity index (χ3v) is 2.96. The second kappa shape index (κ2) is 5.53. The van der Waals surface area contributed by atoms with Crippen LogP contribution in [0.4, 0.5) is 0 Å². The highest BCUT2D eigenvalue weighted by atomic mass is 35.5. The lowest BCUT2D eigenvalue weighted by molar-refractivity contribution is 0.0499. The molecule has 0 amide bonds. The van der Waals surface area contributed by atoms with Crippen molar-refractivity contribution in [2.75, 3.05) is 19.8 Å². The van der Waals surface area contributed by atoms with Gasteiger partial charge in [-0.2, -0.15) is 0 Å². The number of aliphatic hydroxyl groups excluding tert-OH is 1. The van der Waals surface area contributed by atoms with Crippen LogP contribution in [0.1, 0.15) is 6.42 Å². The molecule has 1 heterocycles. The zero-order chi connectivity index (χ0) is 11.4. The van der Waals surface area contributed by atoms with E-state index in [1.807, 2.05) is 12.1 Å². The summed E-state index contributed by atoms with van der Waals surface area (Å²) in [7, 11) is 0. The van der Waals surface area contributed by atoms with Crippen LogP contribution in [0, 0.1) is 5.92 Å². The van der Waals surface area contributed by atoms with Crippen LogP contribution in [-0.2, 0) is 4.74 Å². The highest BCUT2D eigenvalue weighted by Crippen LogP contribution is 2.20. The fourth-order valence-electron chi connectivity index (χ4n) is 1.73. The van der Waals surface area contributed by atoms with Gasteiger partial charge in [0, 0.05) is 17.5 Å². The van der Waals surface area contributed by atoms with Crippen LogP contribution in [0.5, 0.6) is 5.75 Å². The summed E-state index contributed by atoms with van der Waals surface area (Å²) in [5.41, 5.74) is 0. The molecule has 0 spiro atoms. The number of aliphatic hydroxyl groups is 1. The average molecular weight is 243 g/mol. The Morgan fingerprint density at radius 1 is 1.56 bits per heavy atom. The minimum Gasteiger partial charge on any atom is -0.491 e. The van der Waals surface area contributed by atoms with Crippen LogP contribution < -0.4 is 4.74 Å². The first-order valence-electron chi connectivity index (χ1n) is 5.40. The molecule has 1 aromatic rings. The molecule has 16 heavy (non-hydrogen) atoms. The van der Waals surface area contributed by atoms with E-state index in [4.69, 9.17) is 21.1 Å². The smallest absolute Gasteiger partial charge is 0.120 e. The number of benzene rings is 1. The second-order valence-electron chi connectivity index (χ2n) is 3.96. The van der Waals surface area contributed by atoms with Crippen molar-refractivity contribution in [3.05, 3.63) is 29.3 Å². The minimum absolute atomic E-state index is 0.194. The van der Waals surface area contributed by atoms with Crippen LogP contribution in [0.25, 0.3) is 0 Å². The zero-order valence-electron chi connectivity index (χ0n) is 8.93. The van der Waals surface area contributed by atoms with Crippen molar-refractivity contribution >= 4 is 11.6 Å². The molecule has 0 aliphatic carbocycles. The van der Waals surface area contributed by atoms with Crippen LogP contribution in [0.2, 0.25) is 5.02 Å². The van der Waals surface area contributed by atoms with E-state index < -0.39 is 6.10 Å². The van der Waals surface area contributed by atoms with Gasteiger partial charge in [-0.25, -0.2) is 0 Å². The third kappa shape index (κ3) is 3.11. The topological polar surface area (TPSA) is 38.7 Å². The summed E-state index contributed by atoms with van der Waals surface area (Å²) in [6.07, 6.45) is 0.432. The molecule has 1 aliphatic rings. The summed E-state index contributed by atoms with van der Waals surface area (Å²) >= 11 is 5.82. The number of hydrogen-bond donors (Lipinski definition) is 1. The molecule has 2 atom stereocenters. The van der Waals surface area contributed by atoms with E-state index in [1.54, 1.807) is 12.1 Å². The Kier molecular flexibility index (Phi) is 4.04. The predicted octanol–water partition coefficient (Wildman–Crippen LogP) is 2.12. The molecule has 4 heteroatoms. The van der Waals surface area contributed by atoms with Gasteiger partial charge < -0.3 is 14.6 Å². The van der Waals surface area contributed by atoms with Gasteiger partial charge in [-0.3, -0.25) is 0 Å². The molecule has 1 aliphatic heterocycles. The summed E-state index contributed by atoms with van der Waals surface area (Å²) in [6, 6.07) is 7.17. The summed E-state index contributed by atoms with van der Waals surface area (Å²) < 4.78 is 10.7. The fourth-order valence-corrected chi connectivity index (χ4v) is 1.91. The van der Waals surface area contributed by atoms with Gasteiger partial charge in [0.05, 0.1) is 12.7 Å². The van der Waals surface area contributed by atoms with Crippen molar-refractivity contribution in [3.63, 3.8) is 0 Å². The van der Waals surface area contributed by atoms with Crippen LogP contribution in [-0.4, -0.2) is 31.0 Å². The Hall–Kier alpha value is -0.770. The van der Waals surface area contributed by atoms with E-state index in [9.17, 15) is 5.11 Å². The Morgan fingerprint density at radius 3 is 3.12 bits per heavy atom. The van der Waals surface area contributed by atoms with E-state index >= 15 is 0 Å². The van der Waals surface area contributed by atoms with Crippen molar-refractivity contribution in [2.45, 2.75) is 12.5 Å². The fraction of sp³-hybridized carbons (Fsp3) is 0.500. The molecular formula is C12H15ClO3. The Bertz CT molecular complexity index is 337. The maximum atomic E-state index is 9.84. The largest absolute Gasteiger partial charge is 0.491 e. The highest BCUT2D eigenvalue weighted by molar-refractivity contribution is 6.30. The maximum Gasteiger partial charge on any atom is 0.120 e. The van der Waals surface area contributed by atoms with Gasteiger partial charge in [-0.15, -0.1) is 0 Å². The van der Waals surface area contributed by atoms with E-state index in [-0.39, 0.29) is 12.5 Å². The number of rotatable bonds is 4. The van der Waals surface area contributed by atoms with E-state index in [0.29, 0.717) is 17.4 Å². The molecule has 3 nitrogen and oxygen atoms in total. The Balaban J connectivity index is 1.82. The monoisotopic (exact) mass is 242 g/mol. The molecule has 1 N–H and O–H groups in total. The first-order valence-corrected chi connectivity index (χ1v) is 5.77. The Morgan fingerprint density at radius 2 is 2.44 bits per heavy atom. The minimum atomic E-state index is -0.471. The first kappa shape index (κ1) is 11.7. The van der Waals surface area contributed by atoms with E-state index in [0.717, 1.165) is 13.0 Å². The van der Waals surface area contributed by atoms with E-state index in [1.165, 1.54) is 0 Å². The van der Waals surface area contributed by atoms with E-state index in [2.05, 4.69) is 0 Å². The van der Waals surface area contributed by atoms with Gasteiger partial charge in [0.15, 0.2) is 0 Å². The van der Waals surface area contributed by atoms with Crippen LogP contribution in [0.3, 0.4) is 0 Å². The summed E-state index contributed by atoms with van der Waals surface area (Å²) in [6.45, 7) is 1.65. The Labute approximate surface area is 99.9 Å². The molecule has 1 saturated heterocycles. The quantitative estimate of drug-likeness (QED) is 0.879. The van der Waals surface area contributed by atoms with Gasteiger partial charge >= 0.3 is 0 Å². The molecule has 0 aromatic heterocycles. The number of ether oxygens (including phenoxy) is 2. The zero-order valence-corrected chi connectivity index (χ0v) is 9.69.